The minimum absolute atomic E-state index is 0.307. The first-order valence-corrected chi connectivity index (χ1v) is 8.24. The normalized spacial score (nSPS) is 9.92. The van der Waals surface area contributed by atoms with E-state index in [4.69, 9.17) is 5.26 Å². The number of para-hydroxylation sites is 1. The van der Waals surface area contributed by atoms with Gasteiger partial charge in [0.15, 0.2) is 0 Å². The van der Waals surface area contributed by atoms with Gasteiger partial charge < -0.3 is 10.6 Å². The van der Waals surface area contributed by atoms with E-state index < -0.39 is 0 Å². The van der Waals surface area contributed by atoms with Crippen molar-refractivity contribution < 1.29 is 4.79 Å². The van der Waals surface area contributed by atoms with Gasteiger partial charge in [-0.05, 0) is 64.5 Å². The largest absolute Gasteiger partial charge is 0.353 e. The Morgan fingerprint density at radius 3 is 2.36 bits per heavy atom. The van der Waals surface area contributed by atoms with Gasteiger partial charge in [-0.25, -0.2) is 4.98 Å². The van der Waals surface area contributed by atoms with Crippen LogP contribution in [0.1, 0.15) is 16.1 Å². The molecule has 2 N–H and O–H groups in total. The van der Waals surface area contributed by atoms with Crippen molar-refractivity contribution in [1.29, 1.82) is 5.26 Å². The third-order valence-corrected chi connectivity index (χ3v) is 4.11. The third-order valence-electron chi connectivity index (χ3n) is 3.42. The number of aromatic nitrogens is 1. The molecule has 1 aromatic heterocycles. The van der Waals surface area contributed by atoms with Gasteiger partial charge in [0.25, 0.3) is 5.91 Å². The Bertz CT molecular complexity index is 931. The van der Waals surface area contributed by atoms with E-state index >= 15 is 0 Å². The summed E-state index contributed by atoms with van der Waals surface area (Å²) in [6.07, 6.45) is 1.60. The number of anilines is 3. The number of pyridine rings is 1. The first-order valence-electron chi connectivity index (χ1n) is 7.45. The Balaban J connectivity index is 1.68. The summed E-state index contributed by atoms with van der Waals surface area (Å²) in [6.45, 7) is 0. The minimum Gasteiger partial charge on any atom is -0.353 e. The number of benzene rings is 2. The smallest absolute Gasteiger partial charge is 0.274 e. The summed E-state index contributed by atoms with van der Waals surface area (Å²) in [6, 6.07) is 19.9. The maximum Gasteiger partial charge on any atom is 0.274 e. The molecule has 0 saturated heterocycles. The van der Waals surface area contributed by atoms with E-state index in [9.17, 15) is 4.79 Å². The topological polar surface area (TPSA) is 77.8 Å². The van der Waals surface area contributed by atoms with Crippen molar-refractivity contribution in [3.8, 4) is 6.07 Å². The van der Waals surface area contributed by atoms with E-state index in [0.717, 1.165) is 15.8 Å². The van der Waals surface area contributed by atoms with Gasteiger partial charge in [-0.3, -0.25) is 4.79 Å². The molecule has 1 heterocycles. The molecule has 2 aromatic carbocycles. The van der Waals surface area contributed by atoms with Crippen molar-refractivity contribution in [2.75, 3.05) is 10.6 Å². The van der Waals surface area contributed by atoms with Crippen molar-refractivity contribution >= 4 is 38.9 Å². The highest BCUT2D eigenvalue weighted by molar-refractivity contribution is 9.10. The zero-order valence-corrected chi connectivity index (χ0v) is 14.6. The van der Waals surface area contributed by atoms with E-state index in [0.29, 0.717) is 16.9 Å². The summed E-state index contributed by atoms with van der Waals surface area (Å²) >= 11 is 3.47. The molecule has 5 nitrogen and oxygen atoms in total. The average Bonchev–Trinajstić information content (AvgIpc) is 2.65. The number of carbonyl (C=O) groups is 1. The van der Waals surface area contributed by atoms with Crippen LogP contribution in [0.2, 0.25) is 0 Å². The van der Waals surface area contributed by atoms with Gasteiger partial charge in [0.05, 0.1) is 29.2 Å². The van der Waals surface area contributed by atoms with E-state index in [1.165, 1.54) is 0 Å². The Labute approximate surface area is 153 Å². The van der Waals surface area contributed by atoms with Crippen molar-refractivity contribution in [3.05, 3.63) is 82.6 Å². The lowest BCUT2D eigenvalue weighted by Gasteiger charge is -2.09. The standard InChI is InChI=1S/C19H13BrN4O/c20-16-3-1-2-4-17(16)23-15-9-10-18(22-12-15)19(25)24-14-7-5-13(11-21)6-8-14/h1-10,12,23H,(H,24,25). The van der Waals surface area contributed by atoms with Crippen LogP contribution in [0.3, 0.4) is 0 Å². The molecule has 1 amide bonds. The number of nitrogens with zero attached hydrogens (tertiary/aromatic N) is 2. The number of nitrogens with one attached hydrogen (secondary N) is 2. The Morgan fingerprint density at radius 1 is 1.00 bits per heavy atom. The highest BCUT2D eigenvalue weighted by Gasteiger charge is 2.08. The maximum atomic E-state index is 12.2. The van der Waals surface area contributed by atoms with Gasteiger partial charge in [-0.1, -0.05) is 12.1 Å². The van der Waals surface area contributed by atoms with Crippen LogP contribution >= 0.6 is 15.9 Å². The van der Waals surface area contributed by atoms with Crippen LogP contribution in [-0.2, 0) is 0 Å². The fourth-order valence-corrected chi connectivity index (χ4v) is 2.53. The molecule has 3 rings (SSSR count). The number of hydrogen-bond donors (Lipinski definition) is 2. The lowest BCUT2D eigenvalue weighted by molar-refractivity contribution is 0.102. The van der Waals surface area contributed by atoms with Crippen molar-refractivity contribution in [1.82, 2.24) is 4.98 Å². The zero-order chi connectivity index (χ0) is 17.6. The lowest BCUT2D eigenvalue weighted by atomic mass is 10.2. The van der Waals surface area contributed by atoms with E-state index in [2.05, 4.69) is 31.5 Å². The summed E-state index contributed by atoms with van der Waals surface area (Å²) in [7, 11) is 0. The number of hydrogen-bond acceptors (Lipinski definition) is 4. The molecule has 3 aromatic rings. The second-order valence-electron chi connectivity index (χ2n) is 5.18. The van der Waals surface area contributed by atoms with Crippen LogP contribution in [0.25, 0.3) is 0 Å². The van der Waals surface area contributed by atoms with E-state index in [1.807, 2.05) is 30.3 Å². The molecule has 0 aliphatic rings. The fourth-order valence-electron chi connectivity index (χ4n) is 2.14. The molecule has 0 aliphatic carbocycles. The maximum absolute atomic E-state index is 12.2. The van der Waals surface area contributed by atoms with Crippen molar-refractivity contribution in [2.24, 2.45) is 0 Å². The minimum atomic E-state index is -0.308. The number of nitriles is 1. The predicted octanol–water partition coefficient (Wildman–Crippen LogP) is 4.71. The van der Waals surface area contributed by atoms with Crippen molar-refractivity contribution in [2.45, 2.75) is 0 Å². The molecule has 0 spiro atoms. The molecular formula is C19H13BrN4O. The van der Waals surface area contributed by atoms with Crippen LogP contribution in [0.15, 0.2) is 71.3 Å². The first kappa shape index (κ1) is 16.7. The van der Waals surface area contributed by atoms with Gasteiger partial charge in [0.2, 0.25) is 0 Å². The summed E-state index contributed by atoms with van der Waals surface area (Å²) < 4.78 is 0.942. The second kappa shape index (κ2) is 7.60. The molecule has 0 radical (unpaired) electrons. The van der Waals surface area contributed by atoms with Gasteiger partial charge in [0.1, 0.15) is 5.69 Å². The van der Waals surface area contributed by atoms with Crippen LogP contribution in [-0.4, -0.2) is 10.9 Å². The lowest BCUT2D eigenvalue weighted by Crippen LogP contribution is -2.13. The van der Waals surface area contributed by atoms with Crippen LogP contribution in [0.4, 0.5) is 17.1 Å². The predicted molar refractivity (Wildman–Crippen MR) is 101 cm³/mol. The van der Waals surface area contributed by atoms with E-state index in [1.54, 1.807) is 42.6 Å². The summed E-state index contributed by atoms with van der Waals surface area (Å²) in [5, 5.41) is 14.8. The molecule has 25 heavy (non-hydrogen) atoms. The summed E-state index contributed by atoms with van der Waals surface area (Å²) in [5.74, 6) is -0.308. The number of rotatable bonds is 4. The highest BCUT2D eigenvalue weighted by atomic mass is 79.9. The quantitative estimate of drug-likeness (QED) is 0.673. The molecule has 0 atom stereocenters. The first-order chi connectivity index (χ1) is 12.2. The number of carbonyl (C=O) groups excluding carboxylic acids is 1. The Kier molecular flexibility index (Phi) is 5.07. The molecule has 0 bridgehead atoms. The summed E-state index contributed by atoms with van der Waals surface area (Å²) in [4.78, 5) is 16.4. The van der Waals surface area contributed by atoms with E-state index in [-0.39, 0.29) is 5.91 Å². The third kappa shape index (κ3) is 4.22. The van der Waals surface area contributed by atoms with Crippen molar-refractivity contribution in [3.63, 3.8) is 0 Å². The molecule has 122 valence electrons. The number of halogens is 1. The molecule has 0 unspecified atom stereocenters. The Morgan fingerprint density at radius 2 is 1.72 bits per heavy atom. The molecule has 0 aliphatic heterocycles. The molecule has 0 saturated carbocycles. The van der Waals surface area contributed by atoms with Crippen LogP contribution in [0.5, 0.6) is 0 Å². The highest BCUT2D eigenvalue weighted by Crippen LogP contribution is 2.25. The SMILES string of the molecule is N#Cc1ccc(NC(=O)c2ccc(Nc3ccccc3Br)cn2)cc1. The second-order valence-corrected chi connectivity index (χ2v) is 6.03. The van der Waals surface area contributed by atoms with Gasteiger partial charge in [-0.2, -0.15) is 5.26 Å². The molecule has 6 heteroatoms. The average molecular weight is 393 g/mol. The monoisotopic (exact) mass is 392 g/mol. The molecule has 0 fully saturated rings. The summed E-state index contributed by atoms with van der Waals surface area (Å²) in [5.41, 5.74) is 3.16. The van der Waals surface area contributed by atoms with Crippen LogP contribution in [0, 0.1) is 11.3 Å². The zero-order valence-electron chi connectivity index (χ0n) is 13.0. The molecular weight excluding hydrogens is 380 g/mol. The Hall–Kier alpha value is -3.17. The van der Waals surface area contributed by atoms with Gasteiger partial charge in [0, 0.05) is 10.2 Å². The van der Waals surface area contributed by atoms with Gasteiger partial charge >= 0.3 is 0 Å². The number of amides is 1. The van der Waals surface area contributed by atoms with Gasteiger partial charge in [-0.15, -0.1) is 0 Å². The van der Waals surface area contributed by atoms with Crippen LogP contribution < -0.4 is 10.6 Å². The fraction of sp³-hybridized carbons (Fsp3) is 0.